The maximum Gasteiger partial charge on any atom is 0.227 e. The fraction of sp³-hybridized carbons (Fsp3) is 0.929. The van der Waals surface area contributed by atoms with E-state index < -0.39 is 0 Å². The van der Waals surface area contributed by atoms with E-state index in [1.54, 1.807) is 0 Å². The number of carbonyl (C=O) groups is 1. The van der Waals surface area contributed by atoms with E-state index in [0.717, 1.165) is 38.8 Å². The van der Waals surface area contributed by atoms with Gasteiger partial charge in [-0.15, -0.1) is 0 Å². The summed E-state index contributed by atoms with van der Waals surface area (Å²) < 4.78 is 0. The first-order valence-electron chi connectivity index (χ1n) is 7.18. The number of rotatable bonds is 6. The molecule has 1 heterocycles. The summed E-state index contributed by atoms with van der Waals surface area (Å²) >= 11 is 0. The SMILES string of the molecule is CCCC1(C(=O)NC(C)C(C)CO)CCCNC1. The lowest BCUT2D eigenvalue weighted by Gasteiger charge is -2.37. The first-order valence-corrected chi connectivity index (χ1v) is 7.18. The third-order valence-electron chi connectivity index (χ3n) is 4.18. The minimum absolute atomic E-state index is 0.0261. The number of amides is 1. The number of carbonyl (C=O) groups excluding carboxylic acids is 1. The van der Waals surface area contributed by atoms with Crippen molar-refractivity contribution < 1.29 is 9.90 Å². The van der Waals surface area contributed by atoms with Crippen LogP contribution in [0.4, 0.5) is 0 Å². The molecule has 1 fully saturated rings. The zero-order valence-electron chi connectivity index (χ0n) is 12.0. The molecule has 1 rings (SSSR count). The molecule has 0 spiro atoms. The van der Waals surface area contributed by atoms with Crippen molar-refractivity contribution in [2.75, 3.05) is 19.7 Å². The Kier molecular flexibility index (Phi) is 6.09. The van der Waals surface area contributed by atoms with Gasteiger partial charge in [0.15, 0.2) is 0 Å². The number of aliphatic hydroxyl groups is 1. The Hall–Kier alpha value is -0.610. The summed E-state index contributed by atoms with van der Waals surface area (Å²) in [5.41, 5.74) is -0.240. The molecule has 0 aliphatic carbocycles. The third kappa shape index (κ3) is 3.69. The first kappa shape index (κ1) is 15.4. The monoisotopic (exact) mass is 256 g/mol. The standard InChI is InChI=1S/C14H28N2O2/c1-4-6-14(7-5-8-15-10-14)13(18)16-12(3)11(2)9-17/h11-12,15,17H,4-10H2,1-3H3,(H,16,18). The highest BCUT2D eigenvalue weighted by Crippen LogP contribution is 2.32. The molecule has 1 aliphatic rings. The summed E-state index contributed by atoms with van der Waals surface area (Å²) in [5, 5.41) is 15.6. The van der Waals surface area contributed by atoms with Gasteiger partial charge in [0, 0.05) is 19.2 Å². The maximum atomic E-state index is 12.5. The molecule has 0 aromatic heterocycles. The molecule has 3 N–H and O–H groups in total. The Morgan fingerprint density at radius 3 is 2.72 bits per heavy atom. The van der Waals surface area contributed by atoms with Crippen LogP contribution >= 0.6 is 0 Å². The predicted molar refractivity (Wildman–Crippen MR) is 73.3 cm³/mol. The third-order valence-corrected chi connectivity index (χ3v) is 4.18. The molecular weight excluding hydrogens is 228 g/mol. The number of hydrogen-bond donors (Lipinski definition) is 3. The van der Waals surface area contributed by atoms with E-state index in [9.17, 15) is 4.79 Å². The van der Waals surface area contributed by atoms with Crippen molar-refractivity contribution >= 4 is 5.91 Å². The van der Waals surface area contributed by atoms with E-state index in [1.807, 2.05) is 13.8 Å². The Morgan fingerprint density at radius 2 is 2.22 bits per heavy atom. The first-order chi connectivity index (χ1) is 8.55. The highest BCUT2D eigenvalue weighted by atomic mass is 16.3. The molecule has 0 bridgehead atoms. The Labute approximate surface area is 111 Å². The molecule has 0 saturated carbocycles. The number of hydrogen-bond acceptors (Lipinski definition) is 3. The summed E-state index contributed by atoms with van der Waals surface area (Å²) in [6.07, 6.45) is 4.00. The number of piperidine rings is 1. The van der Waals surface area contributed by atoms with Crippen molar-refractivity contribution in [3.63, 3.8) is 0 Å². The molecule has 3 unspecified atom stereocenters. The van der Waals surface area contributed by atoms with Crippen molar-refractivity contribution in [3.8, 4) is 0 Å². The summed E-state index contributed by atoms with van der Waals surface area (Å²) in [7, 11) is 0. The van der Waals surface area contributed by atoms with E-state index >= 15 is 0 Å². The smallest absolute Gasteiger partial charge is 0.227 e. The Bertz CT molecular complexity index is 257. The van der Waals surface area contributed by atoms with Crippen LogP contribution in [-0.2, 0) is 4.79 Å². The van der Waals surface area contributed by atoms with Crippen LogP contribution in [0.2, 0.25) is 0 Å². The minimum atomic E-state index is -0.240. The molecular formula is C14H28N2O2. The highest BCUT2D eigenvalue weighted by molar-refractivity contribution is 5.83. The quantitative estimate of drug-likeness (QED) is 0.671. The fourth-order valence-electron chi connectivity index (χ4n) is 2.63. The average molecular weight is 256 g/mol. The van der Waals surface area contributed by atoms with Gasteiger partial charge in [-0.05, 0) is 38.6 Å². The zero-order valence-corrected chi connectivity index (χ0v) is 12.0. The zero-order chi connectivity index (χ0) is 13.6. The molecule has 3 atom stereocenters. The predicted octanol–water partition coefficient (Wildman–Crippen LogP) is 1.29. The average Bonchev–Trinajstić information content (AvgIpc) is 2.39. The summed E-state index contributed by atoms with van der Waals surface area (Å²) in [6.45, 7) is 7.96. The van der Waals surface area contributed by atoms with Crippen molar-refractivity contribution in [3.05, 3.63) is 0 Å². The molecule has 18 heavy (non-hydrogen) atoms. The van der Waals surface area contributed by atoms with Gasteiger partial charge >= 0.3 is 0 Å². The molecule has 4 nitrogen and oxygen atoms in total. The molecule has 0 aromatic rings. The second kappa shape index (κ2) is 7.10. The number of nitrogens with one attached hydrogen (secondary N) is 2. The topological polar surface area (TPSA) is 61.4 Å². The van der Waals surface area contributed by atoms with Crippen LogP contribution in [0.3, 0.4) is 0 Å². The second-order valence-electron chi connectivity index (χ2n) is 5.73. The normalized spacial score (nSPS) is 27.6. The van der Waals surface area contributed by atoms with Crippen LogP contribution < -0.4 is 10.6 Å². The Balaban J connectivity index is 2.65. The largest absolute Gasteiger partial charge is 0.396 e. The molecule has 1 aliphatic heterocycles. The summed E-state index contributed by atoms with van der Waals surface area (Å²) in [6, 6.07) is 0.0261. The van der Waals surface area contributed by atoms with Crippen molar-refractivity contribution in [2.24, 2.45) is 11.3 Å². The molecule has 1 amide bonds. The van der Waals surface area contributed by atoms with Crippen LogP contribution in [0.5, 0.6) is 0 Å². The van der Waals surface area contributed by atoms with Gasteiger partial charge in [-0.2, -0.15) is 0 Å². The second-order valence-corrected chi connectivity index (χ2v) is 5.73. The van der Waals surface area contributed by atoms with Gasteiger partial charge in [0.2, 0.25) is 5.91 Å². The van der Waals surface area contributed by atoms with Gasteiger partial charge in [0.25, 0.3) is 0 Å². The summed E-state index contributed by atoms with van der Waals surface area (Å²) in [4.78, 5) is 12.5. The molecule has 0 aromatic carbocycles. The lowest BCUT2D eigenvalue weighted by molar-refractivity contribution is -0.133. The van der Waals surface area contributed by atoms with Gasteiger partial charge in [-0.3, -0.25) is 4.79 Å². The van der Waals surface area contributed by atoms with Crippen molar-refractivity contribution in [2.45, 2.75) is 52.5 Å². The van der Waals surface area contributed by atoms with E-state index in [4.69, 9.17) is 5.11 Å². The van der Waals surface area contributed by atoms with E-state index in [1.165, 1.54) is 0 Å². The molecule has 106 valence electrons. The highest BCUT2D eigenvalue weighted by Gasteiger charge is 2.39. The molecule has 0 radical (unpaired) electrons. The van der Waals surface area contributed by atoms with E-state index in [0.29, 0.717) is 0 Å². The lowest BCUT2D eigenvalue weighted by atomic mass is 9.76. The van der Waals surface area contributed by atoms with Gasteiger partial charge in [-0.1, -0.05) is 20.3 Å². The van der Waals surface area contributed by atoms with Gasteiger partial charge < -0.3 is 15.7 Å². The lowest BCUT2D eigenvalue weighted by Crippen LogP contribution is -2.53. The van der Waals surface area contributed by atoms with Gasteiger partial charge in [-0.25, -0.2) is 0 Å². The number of aliphatic hydroxyl groups excluding tert-OH is 1. The maximum absolute atomic E-state index is 12.5. The Morgan fingerprint density at radius 1 is 1.50 bits per heavy atom. The van der Waals surface area contributed by atoms with Crippen LogP contribution in [0.1, 0.15) is 46.5 Å². The van der Waals surface area contributed by atoms with Gasteiger partial charge in [0.1, 0.15) is 0 Å². The fourth-order valence-corrected chi connectivity index (χ4v) is 2.63. The minimum Gasteiger partial charge on any atom is -0.396 e. The van der Waals surface area contributed by atoms with Crippen molar-refractivity contribution in [1.29, 1.82) is 0 Å². The van der Waals surface area contributed by atoms with Crippen LogP contribution in [0.25, 0.3) is 0 Å². The molecule has 4 heteroatoms. The van der Waals surface area contributed by atoms with Crippen LogP contribution in [0, 0.1) is 11.3 Å². The van der Waals surface area contributed by atoms with E-state index in [-0.39, 0.29) is 29.9 Å². The van der Waals surface area contributed by atoms with E-state index in [2.05, 4.69) is 17.6 Å². The van der Waals surface area contributed by atoms with Crippen LogP contribution in [-0.4, -0.2) is 36.8 Å². The van der Waals surface area contributed by atoms with Gasteiger partial charge in [0.05, 0.1) is 5.41 Å². The van der Waals surface area contributed by atoms with Crippen molar-refractivity contribution in [1.82, 2.24) is 10.6 Å². The molecule has 1 saturated heterocycles. The van der Waals surface area contributed by atoms with Crippen LogP contribution in [0.15, 0.2) is 0 Å². The summed E-state index contributed by atoms with van der Waals surface area (Å²) in [5.74, 6) is 0.258.